The van der Waals surface area contributed by atoms with Gasteiger partial charge in [-0.2, -0.15) is 0 Å². The maximum atomic E-state index is 4.76. The lowest BCUT2D eigenvalue weighted by Crippen LogP contribution is -2.01. The Balaban J connectivity index is 3.03. The second-order valence-electron chi connectivity index (χ2n) is 1.81. The van der Waals surface area contributed by atoms with Crippen LogP contribution in [-0.4, -0.2) is 12.8 Å². The van der Waals surface area contributed by atoms with E-state index in [0.29, 0.717) is 0 Å². The van der Waals surface area contributed by atoms with Gasteiger partial charge in [-0.1, -0.05) is 18.5 Å². The fourth-order valence-electron chi connectivity index (χ4n) is 0.563. The molecule has 47 valence electrons. The van der Waals surface area contributed by atoms with Crippen LogP contribution in [0.1, 0.15) is 26.7 Å². The predicted octanol–water partition coefficient (Wildman–Crippen LogP) is 1.68. The monoisotopic (exact) mass is 114 g/mol. The van der Waals surface area contributed by atoms with E-state index in [9.17, 15) is 0 Å². The van der Waals surface area contributed by atoms with Crippen LogP contribution in [0.15, 0.2) is 5.16 Å². The van der Waals surface area contributed by atoms with E-state index < -0.39 is 0 Å². The molecule has 2 nitrogen and oxygen atoms in total. The molecule has 2 heteroatoms. The molecule has 0 aliphatic heterocycles. The van der Waals surface area contributed by atoms with Gasteiger partial charge < -0.3 is 4.84 Å². The van der Waals surface area contributed by atoms with Crippen LogP contribution in [0.4, 0.5) is 0 Å². The van der Waals surface area contributed by atoms with Crippen LogP contribution in [-0.2, 0) is 4.84 Å². The lowest BCUT2D eigenvalue weighted by atomic mass is 10.2. The second-order valence-corrected chi connectivity index (χ2v) is 1.81. The zero-order valence-electron chi connectivity index (χ0n) is 5.42. The van der Waals surface area contributed by atoms with Crippen molar-refractivity contribution in [3.63, 3.8) is 0 Å². The van der Waals surface area contributed by atoms with Gasteiger partial charge in [-0.05, 0) is 13.3 Å². The fourth-order valence-corrected chi connectivity index (χ4v) is 0.563. The van der Waals surface area contributed by atoms with Crippen molar-refractivity contribution in [1.82, 2.24) is 0 Å². The Morgan fingerprint density at radius 2 is 2.38 bits per heavy atom. The smallest absolute Gasteiger partial charge is 0.124 e. The standard InChI is InChI=1S/C6H12NO/c1-4-5-6(2)8-7-3/h3,6H,4-5H2,1-2H3. The van der Waals surface area contributed by atoms with Crippen molar-refractivity contribution in [3.8, 4) is 0 Å². The lowest BCUT2D eigenvalue weighted by Gasteiger charge is -2.04. The molecule has 0 spiro atoms. The lowest BCUT2D eigenvalue weighted by molar-refractivity contribution is 0.0680. The van der Waals surface area contributed by atoms with Gasteiger partial charge in [-0.15, -0.1) is 0 Å². The van der Waals surface area contributed by atoms with Crippen LogP contribution >= 0.6 is 0 Å². The van der Waals surface area contributed by atoms with E-state index in [-0.39, 0.29) is 6.10 Å². The first-order chi connectivity index (χ1) is 3.81. The summed E-state index contributed by atoms with van der Waals surface area (Å²) in [6.07, 6.45) is 2.29. The minimum absolute atomic E-state index is 0.171. The quantitative estimate of drug-likeness (QED) is 0.402. The summed E-state index contributed by atoms with van der Waals surface area (Å²) in [6.45, 7) is 8.80. The van der Waals surface area contributed by atoms with Crippen LogP contribution < -0.4 is 0 Å². The van der Waals surface area contributed by atoms with Gasteiger partial charge in [-0.3, -0.25) is 0 Å². The second kappa shape index (κ2) is 4.62. The first-order valence-electron chi connectivity index (χ1n) is 2.87. The summed E-state index contributed by atoms with van der Waals surface area (Å²) in [6, 6.07) is 0. The molecule has 0 aromatic rings. The van der Waals surface area contributed by atoms with Gasteiger partial charge in [0.1, 0.15) is 6.10 Å². The summed E-state index contributed by atoms with van der Waals surface area (Å²) in [5.41, 5.74) is 0. The topological polar surface area (TPSA) is 21.6 Å². The summed E-state index contributed by atoms with van der Waals surface area (Å²) in [5.74, 6) is 0. The Morgan fingerprint density at radius 1 is 1.75 bits per heavy atom. The van der Waals surface area contributed by atoms with E-state index in [1.54, 1.807) is 0 Å². The van der Waals surface area contributed by atoms with Crippen molar-refractivity contribution in [2.24, 2.45) is 5.16 Å². The molecule has 0 aliphatic carbocycles. The molecule has 1 atom stereocenters. The largest absolute Gasteiger partial charge is 0.393 e. The summed E-state index contributed by atoms with van der Waals surface area (Å²) < 4.78 is 0. The molecule has 0 N–H and O–H groups in total. The molecule has 1 unspecified atom stereocenters. The summed E-state index contributed by atoms with van der Waals surface area (Å²) in [5, 5.41) is 3.05. The van der Waals surface area contributed by atoms with Gasteiger partial charge in [0.25, 0.3) is 0 Å². The van der Waals surface area contributed by atoms with Crippen LogP contribution in [0.5, 0.6) is 0 Å². The first-order valence-corrected chi connectivity index (χ1v) is 2.87. The van der Waals surface area contributed by atoms with Gasteiger partial charge in [0, 0.05) is 0 Å². The molecule has 1 radical (unpaired) electrons. The molecular weight excluding hydrogens is 102 g/mol. The van der Waals surface area contributed by atoms with Crippen LogP contribution in [0.25, 0.3) is 0 Å². The number of nitrogens with zero attached hydrogens (tertiary/aromatic N) is 1. The Kier molecular flexibility index (Phi) is 4.32. The Bertz CT molecular complexity index is 63.5. The van der Waals surface area contributed by atoms with E-state index >= 15 is 0 Å². The van der Waals surface area contributed by atoms with E-state index in [2.05, 4.69) is 16.9 Å². The molecule has 0 fully saturated rings. The third-order valence-electron chi connectivity index (χ3n) is 0.936. The summed E-state index contributed by atoms with van der Waals surface area (Å²) in [7, 11) is 0. The maximum absolute atomic E-state index is 4.76. The van der Waals surface area contributed by atoms with Crippen LogP contribution in [0.3, 0.4) is 0 Å². The van der Waals surface area contributed by atoms with E-state index in [4.69, 9.17) is 6.72 Å². The normalized spacial score (nSPS) is 12.8. The highest BCUT2D eigenvalue weighted by Crippen LogP contribution is 1.99. The summed E-state index contributed by atoms with van der Waals surface area (Å²) in [4.78, 5) is 4.69. The Hall–Kier alpha value is -0.530. The van der Waals surface area contributed by atoms with Gasteiger partial charge in [0.2, 0.25) is 0 Å². The average molecular weight is 114 g/mol. The van der Waals surface area contributed by atoms with Gasteiger partial charge in [-0.25, -0.2) is 0 Å². The molecular formula is C6H12NO. The average Bonchev–Trinajstić information content (AvgIpc) is 1.68. The zero-order valence-corrected chi connectivity index (χ0v) is 5.42. The van der Waals surface area contributed by atoms with E-state index in [0.717, 1.165) is 12.8 Å². The fraction of sp³-hybridized carbons (Fsp3) is 0.833. The van der Waals surface area contributed by atoms with Crippen molar-refractivity contribution in [3.05, 3.63) is 0 Å². The number of hydrogen-bond donors (Lipinski definition) is 0. The summed E-state index contributed by atoms with van der Waals surface area (Å²) >= 11 is 0. The van der Waals surface area contributed by atoms with Crippen molar-refractivity contribution < 1.29 is 4.84 Å². The Morgan fingerprint density at radius 3 is 2.75 bits per heavy atom. The van der Waals surface area contributed by atoms with Gasteiger partial charge >= 0.3 is 0 Å². The predicted molar refractivity (Wildman–Crippen MR) is 33.9 cm³/mol. The molecule has 0 saturated carbocycles. The minimum atomic E-state index is 0.171. The first kappa shape index (κ1) is 7.47. The molecule has 8 heavy (non-hydrogen) atoms. The highest BCUT2D eigenvalue weighted by Gasteiger charge is 1.96. The molecule has 0 aromatic carbocycles. The molecule has 0 saturated heterocycles. The van der Waals surface area contributed by atoms with Gasteiger partial charge in [0.05, 0.1) is 6.72 Å². The van der Waals surface area contributed by atoms with Crippen molar-refractivity contribution >= 4 is 6.72 Å². The SMILES string of the molecule is [CH]=NOC(C)CCC. The minimum Gasteiger partial charge on any atom is -0.393 e. The molecule has 0 heterocycles. The van der Waals surface area contributed by atoms with E-state index in [1.165, 1.54) is 0 Å². The third kappa shape index (κ3) is 3.65. The highest BCUT2D eigenvalue weighted by atomic mass is 16.6. The Labute approximate surface area is 50.5 Å². The molecule has 0 rings (SSSR count). The molecule has 0 bridgehead atoms. The van der Waals surface area contributed by atoms with Gasteiger partial charge in [0.15, 0.2) is 0 Å². The van der Waals surface area contributed by atoms with Crippen molar-refractivity contribution in [2.75, 3.05) is 0 Å². The molecule has 0 aromatic heterocycles. The highest BCUT2D eigenvalue weighted by molar-refractivity contribution is 5.21. The van der Waals surface area contributed by atoms with Crippen LogP contribution in [0, 0.1) is 0 Å². The number of hydrogen-bond acceptors (Lipinski definition) is 2. The van der Waals surface area contributed by atoms with Crippen molar-refractivity contribution in [1.29, 1.82) is 0 Å². The molecule has 0 amide bonds. The van der Waals surface area contributed by atoms with Crippen LogP contribution in [0.2, 0.25) is 0 Å². The number of rotatable bonds is 4. The zero-order chi connectivity index (χ0) is 6.41. The maximum Gasteiger partial charge on any atom is 0.124 e. The van der Waals surface area contributed by atoms with Crippen molar-refractivity contribution in [2.45, 2.75) is 32.8 Å². The van der Waals surface area contributed by atoms with E-state index in [1.807, 2.05) is 6.92 Å². The molecule has 0 aliphatic rings. The third-order valence-corrected chi connectivity index (χ3v) is 0.936.